The quantitative estimate of drug-likeness (QED) is 0.826. The number of nitrogens with two attached hydrogens (primary N) is 1. The molecule has 1 aliphatic carbocycles. The molecular weight excluding hydrogens is 319 g/mol. The average molecular weight is 345 g/mol. The molecule has 1 aliphatic rings. The predicted octanol–water partition coefficient (Wildman–Crippen LogP) is 3.67. The SMILES string of the molecule is CC(C)C[C@H](N)C(=O)NCC1(c2ccc(Cl)cc2)CCC1.Cl. The fourth-order valence-corrected chi connectivity index (χ4v) is 3.10. The normalized spacial score (nSPS) is 17.3. The van der Waals surface area contributed by atoms with Gasteiger partial charge in [-0.25, -0.2) is 0 Å². The van der Waals surface area contributed by atoms with Crippen LogP contribution in [0.5, 0.6) is 0 Å². The van der Waals surface area contributed by atoms with Crippen LogP contribution in [0.4, 0.5) is 0 Å². The Hall–Kier alpha value is -0.770. The van der Waals surface area contributed by atoms with E-state index in [-0.39, 0.29) is 23.7 Å². The topological polar surface area (TPSA) is 55.1 Å². The van der Waals surface area contributed by atoms with Crippen LogP contribution in [0, 0.1) is 5.92 Å². The lowest BCUT2D eigenvalue weighted by Crippen LogP contribution is -2.49. The Morgan fingerprint density at radius 3 is 2.36 bits per heavy atom. The molecule has 22 heavy (non-hydrogen) atoms. The highest BCUT2D eigenvalue weighted by molar-refractivity contribution is 6.30. The second-order valence-corrected chi connectivity index (χ2v) is 7.03. The van der Waals surface area contributed by atoms with Crippen molar-refractivity contribution in [2.45, 2.75) is 51.0 Å². The highest BCUT2D eigenvalue weighted by Crippen LogP contribution is 2.43. The molecule has 0 heterocycles. The third kappa shape index (κ3) is 4.61. The van der Waals surface area contributed by atoms with Gasteiger partial charge in [0, 0.05) is 17.0 Å². The van der Waals surface area contributed by atoms with Gasteiger partial charge in [0.2, 0.25) is 5.91 Å². The summed E-state index contributed by atoms with van der Waals surface area (Å²) in [6, 6.07) is 7.57. The molecule has 124 valence electrons. The maximum Gasteiger partial charge on any atom is 0.236 e. The summed E-state index contributed by atoms with van der Waals surface area (Å²) in [6.45, 7) is 4.82. The number of nitrogens with one attached hydrogen (secondary N) is 1. The maximum atomic E-state index is 12.1. The Morgan fingerprint density at radius 1 is 1.32 bits per heavy atom. The van der Waals surface area contributed by atoms with E-state index in [2.05, 4.69) is 31.3 Å². The van der Waals surface area contributed by atoms with Crippen LogP contribution in [-0.2, 0) is 10.2 Å². The molecule has 0 spiro atoms. The summed E-state index contributed by atoms with van der Waals surface area (Å²) < 4.78 is 0. The van der Waals surface area contributed by atoms with Gasteiger partial charge in [-0.1, -0.05) is 44.0 Å². The number of benzene rings is 1. The molecule has 0 bridgehead atoms. The summed E-state index contributed by atoms with van der Waals surface area (Å²) in [5.41, 5.74) is 7.26. The lowest BCUT2D eigenvalue weighted by Gasteiger charge is -2.43. The first kappa shape index (κ1) is 19.3. The first-order chi connectivity index (χ1) is 9.93. The van der Waals surface area contributed by atoms with Crippen LogP contribution >= 0.6 is 24.0 Å². The third-order valence-electron chi connectivity index (χ3n) is 4.43. The summed E-state index contributed by atoms with van der Waals surface area (Å²) in [4.78, 5) is 12.1. The second kappa shape index (κ2) is 8.19. The standard InChI is InChI=1S/C17H25ClN2O.ClH/c1-12(2)10-15(19)16(21)20-11-17(8-3-9-17)13-4-6-14(18)7-5-13;/h4-7,12,15H,3,8-11,19H2,1-2H3,(H,20,21);1H/t15-;/m0./s1. The number of hydrogen-bond acceptors (Lipinski definition) is 2. The van der Waals surface area contributed by atoms with Gasteiger partial charge < -0.3 is 11.1 Å². The van der Waals surface area contributed by atoms with Crippen molar-refractivity contribution in [3.8, 4) is 0 Å². The molecule has 1 aromatic rings. The number of amides is 1. The van der Waals surface area contributed by atoms with Crippen molar-refractivity contribution in [3.05, 3.63) is 34.9 Å². The Labute approximate surface area is 144 Å². The van der Waals surface area contributed by atoms with Crippen molar-refractivity contribution in [2.75, 3.05) is 6.54 Å². The first-order valence-electron chi connectivity index (χ1n) is 7.72. The monoisotopic (exact) mass is 344 g/mol. The largest absolute Gasteiger partial charge is 0.354 e. The van der Waals surface area contributed by atoms with Gasteiger partial charge in [-0.2, -0.15) is 0 Å². The van der Waals surface area contributed by atoms with E-state index in [0.29, 0.717) is 12.5 Å². The third-order valence-corrected chi connectivity index (χ3v) is 4.68. The number of hydrogen-bond donors (Lipinski definition) is 2. The van der Waals surface area contributed by atoms with E-state index in [9.17, 15) is 4.79 Å². The number of halogens is 2. The van der Waals surface area contributed by atoms with E-state index in [1.165, 1.54) is 12.0 Å². The zero-order valence-corrected chi connectivity index (χ0v) is 14.8. The van der Waals surface area contributed by atoms with Crippen LogP contribution in [0.15, 0.2) is 24.3 Å². The lowest BCUT2D eigenvalue weighted by molar-refractivity contribution is -0.123. The van der Waals surface area contributed by atoms with Gasteiger partial charge in [0.15, 0.2) is 0 Å². The van der Waals surface area contributed by atoms with Crippen LogP contribution in [0.2, 0.25) is 5.02 Å². The Bertz CT molecular complexity index is 484. The fourth-order valence-electron chi connectivity index (χ4n) is 2.98. The van der Waals surface area contributed by atoms with E-state index >= 15 is 0 Å². The van der Waals surface area contributed by atoms with Crippen molar-refractivity contribution >= 4 is 29.9 Å². The van der Waals surface area contributed by atoms with Crippen LogP contribution < -0.4 is 11.1 Å². The minimum Gasteiger partial charge on any atom is -0.354 e. The molecule has 0 aliphatic heterocycles. The minimum atomic E-state index is -0.410. The van der Waals surface area contributed by atoms with Crippen molar-refractivity contribution in [3.63, 3.8) is 0 Å². The Balaban J connectivity index is 0.00000242. The maximum absolute atomic E-state index is 12.1. The van der Waals surface area contributed by atoms with E-state index < -0.39 is 6.04 Å². The van der Waals surface area contributed by atoms with Crippen molar-refractivity contribution in [1.29, 1.82) is 0 Å². The molecule has 1 aromatic carbocycles. The van der Waals surface area contributed by atoms with Crippen LogP contribution in [0.3, 0.4) is 0 Å². The molecule has 0 aromatic heterocycles. The molecule has 0 unspecified atom stereocenters. The van der Waals surface area contributed by atoms with Gasteiger partial charge in [-0.3, -0.25) is 4.79 Å². The molecule has 0 saturated heterocycles. The van der Waals surface area contributed by atoms with Gasteiger partial charge >= 0.3 is 0 Å². The average Bonchev–Trinajstić information content (AvgIpc) is 2.38. The van der Waals surface area contributed by atoms with E-state index in [1.54, 1.807) is 0 Å². The van der Waals surface area contributed by atoms with Crippen molar-refractivity contribution < 1.29 is 4.79 Å². The molecule has 0 radical (unpaired) electrons. The van der Waals surface area contributed by atoms with E-state index in [0.717, 1.165) is 24.3 Å². The Morgan fingerprint density at radius 2 is 1.91 bits per heavy atom. The van der Waals surface area contributed by atoms with E-state index in [1.807, 2.05) is 12.1 Å². The molecule has 1 amide bonds. The van der Waals surface area contributed by atoms with Crippen LogP contribution in [-0.4, -0.2) is 18.5 Å². The molecule has 2 rings (SSSR count). The number of rotatable bonds is 6. The summed E-state index contributed by atoms with van der Waals surface area (Å²) >= 11 is 5.95. The summed E-state index contributed by atoms with van der Waals surface area (Å²) in [6.07, 6.45) is 4.14. The summed E-state index contributed by atoms with van der Waals surface area (Å²) in [5, 5.41) is 3.79. The van der Waals surface area contributed by atoms with Crippen molar-refractivity contribution in [1.82, 2.24) is 5.32 Å². The van der Waals surface area contributed by atoms with E-state index in [4.69, 9.17) is 17.3 Å². The molecule has 1 fully saturated rings. The summed E-state index contributed by atoms with van der Waals surface area (Å²) in [7, 11) is 0. The highest BCUT2D eigenvalue weighted by atomic mass is 35.5. The molecule has 3 nitrogen and oxygen atoms in total. The van der Waals surface area contributed by atoms with Crippen LogP contribution in [0.1, 0.15) is 45.1 Å². The van der Waals surface area contributed by atoms with Gasteiger partial charge in [0.1, 0.15) is 0 Å². The van der Waals surface area contributed by atoms with Crippen LogP contribution in [0.25, 0.3) is 0 Å². The zero-order valence-electron chi connectivity index (χ0n) is 13.3. The van der Waals surface area contributed by atoms with Gasteiger partial charge in [-0.05, 0) is 42.9 Å². The Kier molecular flexibility index (Phi) is 7.17. The van der Waals surface area contributed by atoms with Gasteiger partial charge in [0.05, 0.1) is 6.04 Å². The lowest BCUT2D eigenvalue weighted by atomic mass is 9.64. The van der Waals surface area contributed by atoms with Crippen molar-refractivity contribution in [2.24, 2.45) is 11.7 Å². The minimum absolute atomic E-state index is 0. The first-order valence-corrected chi connectivity index (χ1v) is 8.10. The molecule has 1 atom stereocenters. The fraction of sp³-hybridized carbons (Fsp3) is 0.588. The highest BCUT2D eigenvalue weighted by Gasteiger charge is 2.39. The number of carbonyl (C=O) groups excluding carboxylic acids is 1. The molecule has 3 N–H and O–H groups in total. The predicted molar refractivity (Wildman–Crippen MR) is 94.7 cm³/mol. The summed E-state index contributed by atoms with van der Waals surface area (Å²) in [5.74, 6) is 0.392. The molecular formula is C17H26Cl2N2O. The zero-order chi connectivity index (χ0) is 15.5. The molecule has 1 saturated carbocycles. The smallest absolute Gasteiger partial charge is 0.236 e. The van der Waals surface area contributed by atoms with Gasteiger partial charge in [-0.15, -0.1) is 12.4 Å². The van der Waals surface area contributed by atoms with Gasteiger partial charge in [0.25, 0.3) is 0 Å². The second-order valence-electron chi connectivity index (χ2n) is 6.59. The number of carbonyl (C=O) groups is 1. The molecule has 5 heteroatoms.